The van der Waals surface area contributed by atoms with Gasteiger partial charge in [0.05, 0.1) is 4.47 Å². The minimum Gasteiger partial charge on any atom is -0.455 e. The number of hydrogen-bond acceptors (Lipinski definition) is 2. The highest BCUT2D eigenvalue weighted by Gasteiger charge is 2.18. The highest BCUT2D eigenvalue weighted by Crippen LogP contribution is 2.41. The Labute approximate surface area is 176 Å². The maximum Gasteiger partial charge on any atom is 0.167 e. The van der Waals surface area contributed by atoms with Gasteiger partial charge in [-0.05, 0) is 44.8 Å². The first-order valence-corrected chi connectivity index (χ1v) is 10.3. The molecule has 0 aliphatic heterocycles. The van der Waals surface area contributed by atoms with Gasteiger partial charge in [0.15, 0.2) is 5.78 Å². The fourth-order valence-corrected chi connectivity index (χ4v) is 4.27. The van der Waals surface area contributed by atoms with Gasteiger partial charge in [0.1, 0.15) is 11.2 Å². The van der Waals surface area contributed by atoms with E-state index in [1.54, 1.807) is 0 Å². The molecule has 1 heterocycles. The molecule has 5 aromatic rings. The number of furan rings is 1. The quantitative estimate of drug-likeness (QED) is 0.271. The summed E-state index contributed by atoms with van der Waals surface area (Å²) in [4.78, 5) is 12.9. The van der Waals surface area contributed by atoms with E-state index in [9.17, 15) is 4.79 Å². The van der Waals surface area contributed by atoms with Crippen molar-refractivity contribution in [1.82, 2.24) is 0 Å². The topological polar surface area (TPSA) is 30.2 Å². The van der Waals surface area contributed by atoms with Crippen LogP contribution in [0.15, 0.2) is 99.9 Å². The molecule has 3 heteroatoms. The van der Waals surface area contributed by atoms with Crippen molar-refractivity contribution < 1.29 is 9.21 Å². The van der Waals surface area contributed by atoms with Crippen molar-refractivity contribution in [1.29, 1.82) is 0 Å². The molecular weight excluding hydrogens is 424 g/mol. The molecule has 0 spiro atoms. The number of carbonyl (C=O) groups excluding carboxylic acids is 1. The van der Waals surface area contributed by atoms with E-state index in [4.69, 9.17) is 4.42 Å². The number of hydrogen-bond donors (Lipinski definition) is 0. The summed E-state index contributed by atoms with van der Waals surface area (Å²) in [6.07, 6.45) is 0.355. The summed E-state index contributed by atoms with van der Waals surface area (Å²) in [6, 6.07) is 29.7. The summed E-state index contributed by atoms with van der Waals surface area (Å²) < 4.78 is 7.04. The SMILES string of the molecule is O=C(Cc1ccccc1-c1ccc(Br)c2oc3ccccc3c12)c1ccccc1. The van der Waals surface area contributed by atoms with Gasteiger partial charge in [-0.3, -0.25) is 4.79 Å². The second kappa shape index (κ2) is 7.34. The third-order valence-electron chi connectivity index (χ3n) is 5.23. The van der Waals surface area contributed by atoms with E-state index in [0.717, 1.165) is 48.7 Å². The lowest BCUT2D eigenvalue weighted by Gasteiger charge is -2.11. The van der Waals surface area contributed by atoms with E-state index in [1.807, 2.05) is 72.8 Å². The number of benzene rings is 4. The largest absolute Gasteiger partial charge is 0.455 e. The van der Waals surface area contributed by atoms with E-state index < -0.39 is 0 Å². The van der Waals surface area contributed by atoms with Crippen molar-refractivity contribution in [2.75, 3.05) is 0 Å². The molecule has 4 aromatic carbocycles. The molecule has 0 saturated carbocycles. The Hall–Kier alpha value is -3.17. The van der Waals surface area contributed by atoms with Crippen molar-refractivity contribution in [2.24, 2.45) is 0 Å². The maximum atomic E-state index is 12.9. The van der Waals surface area contributed by atoms with Crippen molar-refractivity contribution in [3.05, 3.63) is 107 Å². The van der Waals surface area contributed by atoms with Gasteiger partial charge in [-0.15, -0.1) is 0 Å². The number of Topliss-reactive ketones (excluding diaryl/α,β-unsaturated/α-hetero) is 1. The summed E-state index contributed by atoms with van der Waals surface area (Å²) in [7, 11) is 0. The molecule has 0 aliphatic carbocycles. The number of ketones is 1. The molecule has 1 aromatic heterocycles. The molecule has 0 atom stereocenters. The van der Waals surface area contributed by atoms with Gasteiger partial charge in [-0.2, -0.15) is 0 Å². The van der Waals surface area contributed by atoms with Crippen LogP contribution in [0.3, 0.4) is 0 Å². The van der Waals surface area contributed by atoms with E-state index in [-0.39, 0.29) is 5.78 Å². The zero-order chi connectivity index (χ0) is 19.8. The fraction of sp³-hybridized carbons (Fsp3) is 0.0385. The molecule has 0 fully saturated rings. The molecule has 0 bridgehead atoms. The lowest BCUT2D eigenvalue weighted by atomic mass is 9.92. The van der Waals surface area contributed by atoms with Gasteiger partial charge in [0.25, 0.3) is 0 Å². The standard InChI is InChI=1S/C26H17BrO2/c27-22-15-14-20(25-21-12-6-7-13-24(21)29-26(22)25)19-11-5-4-10-18(19)16-23(28)17-8-2-1-3-9-17/h1-15H,16H2. The number of fused-ring (bicyclic) bond motifs is 3. The Bertz CT molecular complexity index is 1350. The molecule has 0 saturated heterocycles. The van der Waals surface area contributed by atoms with Crippen LogP contribution in [0, 0.1) is 0 Å². The van der Waals surface area contributed by atoms with Crippen LogP contribution < -0.4 is 0 Å². The van der Waals surface area contributed by atoms with Crippen LogP contribution in [0.2, 0.25) is 0 Å². The predicted molar refractivity (Wildman–Crippen MR) is 121 cm³/mol. The first-order chi connectivity index (χ1) is 14.2. The van der Waals surface area contributed by atoms with Crippen LogP contribution in [0.25, 0.3) is 33.1 Å². The first-order valence-electron chi connectivity index (χ1n) is 9.48. The third-order valence-corrected chi connectivity index (χ3v) is 5.86. The van der Waals surface area contributed by atoms with Gasteiger partial charge in [-0.1, -0.05) is 78.9 Å². The van der Waals surface area contributed by atoms with Gasteiger partial charge in [-0.25, -0.2) is 0 Å². The first kappa shape index (κ1) is 17.9. The Morgan fingerprint density at radius 3 is 2.34 bits per heavy atom. The third kappa shape index (κ3) is 3.18. The lowest BCUT2D eigenvalue weighted by molar-refractivity contribution is 0.0993. The number of halogens is 1. The van der Waals surface area contributed by atoms with E-state index >= 15 is 0 Å². The Morgan fingerprint density at radius 1 is 0.759 bits per heavy atom. The molecule has 0 aliphatic rings. The average Bonchev–Trinajstić information content (AvgIpc) is 3.16. The monoisotopic (exact) mass is 440 g/mol. The minimum absolute atomic E-state index is 0.114. The Kier molecular flexibility index (Phi) is 4.53. The second-order valence-corrected chi connectivity index (χ2v) is 7.87. The Balaban J connectivity index is 1.69. The highest BCUT2D eigenvalue weighted by atomic mass is 79.9. The summed E-state index contributed by atoms with van der Waals surface area (Å²) in [5.41, 5.74) is 5.55. The molecule has 140 valence electrons. The van der Waals surface area contributed by atoms with Crippen LogP contribution in [0.4, 0.5) is 0 Å². The van der Waals surface area contributed by atoms with E-state index in [0.29, 0.717) is 6.42 Å². The summed E-state index contributed by atoms with van der Waals surface area (Å²) in [6.45, 7) is 0. The van der Waals surface area contributed by atoms with Crippen LogP contribution >= 0.6 is 15.9 Å². The average molecular weight is 441 g/mol. The molecule has 0 radical (unpaired) electrons. The fourth-order valence-electron chi connectivity index (χ4n) is 3.86. The molecule has 0 N–H and O–H groups in total. The molecule has 5 rings (SSSR count). The van der Waals surface area contributed by atoms with Crippen LogP contribution in [-0.2, 0) is 6.42 Å². The zero-order valence-corrected chi connectivity index (χ0v) is 17.1. The minimum atomic E-state index is 0.114. The normalized spacial score (nSPS) is 11.2. The van der Waals surface area contributed by atoms with Gasteiger partial charge in [0.2, 0.25) is 0 Å². The number of para-hydroxylation sites is 1. The van der Waals surface area contributed by atoms with Gasteiger partial charge < -0.3 is 4.42 Å². The molecular formula is C26H17BrO2. The summed E-state index contributed by atoms with van der Waals surface area (Å²) in [5.74, 6) is 0.114. The van der Waals surface area contributed by atoms with Crippen LogP contribution in [0.1, 0.15) is 15.9 Å². The Morgan fingerprint density at radius 2 is 1.48 bits per heavy atom. The number of carbonyl (C=O) groups is 1. The summed E-state index contributed by atoms with van der Waals surface area (Å²) in [5, 5.41) is 2.14. The van der Waals surface area contributed by atoms with E-state index in [1.165, 1.54) is 0 Å². The van der Waals surface area contributed by atoms with E-state index in [2.05, 4.69) is 34.1 Å². The number of rotatable bonds is 4. The van der Waals surface area contributed by atoms with Crippen molar-refractivity contribution in [3.63, 3.8) is 0 Å². The molecule has 0 amide bonds. The van der Waals surface area contributed by atoms with Gasteiger partial charge >= 0.3 is 0 Å². The molecule has 29 heavy (non-hydrogen) atoms. The highest BCUT2D eigenvalue weighted by molar-refractivity contribution is 9.10. The van der Waals surface area contributed by atoms with Crippen molar-refractivity contribution >= 4 is 43.7 Å². The van der Waals surface area contributed by atoms with Crippen LogP contribution in [0.5, 0.6) is 0 Å². The van der Waals surface area contributed by atoms with Crippen molar-refractivity contribution in [2.45, 2.75) is 6.42 Å². The van der Waals surface area contributed by atoms with Crippen LogP contribution in [-0.4, -0.2) is 5.78 Å². The summed E-state index contributed by atoms with van der Waals surface area (Å²) >= 11 is 3.62. The lowest BCUT2D eigenvalue weighted by Crippen LogP contribution is -2.04. The van der Waals surface area contributed by atoms with Gasteiger partial charge in [0, 0.05) is 22.8 Å². The zero-order valence-electron chi connectivity index (χ0n) is 15.6. The maximum absolute atomic E-state index is 12.9. The predicted octanol–water partition coefficient (Wildman–Crippen LogP) is 7.44. The van der Waals surface area contributed by atoms with Crippen molar-refractivity contribution in [3.8, 4) is 11.1 Å². The second-order valence-electron chi connectivity index (χ2n) is 7.02. The smallest absolute Gasteiger partial charge is 0.167 e. The molecule has 0 unspecified atom stereocenters. The molecule has 2 nitrogen and oxygen atoms in total.